The summed E-state index contributed by atoms with van der Waals surface area (Å²) in [6.45, 7) is 1.96. The van der Waals surface area contributed by atoms with Gasteiger partial charge in [0, 0.05) is 12.1 Å². The van der Waals surface area contributed by atoms with Gasteiger partial charge >= 0.3 is 0 Å². The number of hydrogen-bond acceptors (Lipinski definition) is 7. The quantitative estimate of drug-likeness (QED) is 0.436. The summed E-state index contributed by atoms with van der Waals surface area (Å²) in [5, 5.41) is 19.3. The van der Waals surface area contributed by atoms with Crippen LogP contribution in [0.25, 0.3) is 11.2 Å². The van der Waals surface area contributed by atoms with Crippen molar-refractivity contribution >= 4 is 22.8 Å². The summed E-state index contributed by atoms with van der Waals surface area (Å²) in [4.78, 5) is 12.5. The van der Waals surface area contributed by atoms with Crippen LogP contribution in [0.3, 0.4) is 0 Å². The first-order valence-corrected chi connectivity index (χ1v) is 8.79. The van der Waals surface area contributed by atoms with Crippen LogP contribution < -0.4 is 10.1 Å². The van der Waals surface area contributed by atoms with Gasteiger partial charge in [0.05, 0.1) is 31.4 Å². The van der Waals surface area contributed by atoms with Gasteiger partial charge < -0.3 is 19.7 Å². The number of aliphatic hydroxyl groups excluding tert-OH is 1. The van der Waals surface area contributed by atoms with E-state index in [1.165, 1.54) is 24.5 Å². The Balaban J connectivity index is 1.70. The van der Waals surface area contributed by atoms with Gasteiger partial charge in [-0.05, 0) is 19.1 Å². The molecule has 1 atom stereocenters. The Labute approximate surface area is 163 Å². The first kappa shape index (κ1) is 18.7. The second-order valence-electron chi connectivity index (χ2n) is 6.09. The Hall–Kier alpha value is -3.60. The molecule has 0 saturated carbocycles. The summed E-state index contributed by atoms with van der Waals surface area (Å²) >= 11 is 0. The SMILES string of the molecule is CCOc1cc(Nc2nc3c(cc2F)ncn3[C@@H](CO)c2ccc(F)cn2)n[nH]1. The third-order valence-corrected chi connectivity index (χ3v) is 4.20. The zero-order valence-corrected chi connectivity index (χ0v) is 15.3. The number of ether oxygens (including phenoxy) is 1. The minimum Gasteiger partial charge on any atom is -0.478 e. The Morgan fingerprint density at radius 3 is 2.86 bits per heavy atom. The smallest absolute Gasteiger partial charge is 0.211 e. The molecule has 0 fully saturated rings. The Morgan fingerprint density at radius 2 is 2.14 bits per heavy atom. The van der Waals surface area contributed by atoms with E-state index >= 15 is 0 Å². The number of aromatic nitrogens is 6. The van der Waals surface area contributed by atoms with Gasteiger partial charge in [-0.15, -0.1) is 0 Å². The molecule has 3 N–H and O–H groups in total. The third-order valence-electron chi connectivity index (χ3n) is 4.20. The lowest BCUT2D eigenvalue weighted by molar-refractivity contribution is 0.248. The molecule has 4 aromatic rings. The molecule has 0 aliphatic carbocycles. The lowest BCUT2D eigenvalue weighted by Gasteiger charge is -2.16. The summed E-state index contributed by atoms with van der Waals surface area (Å²) in [5.41, 5.74) is 1.03. The number of fused-ring (bicyclic) bond motifs is 1. The molecule has 4 aromatic heterocycles. The van der Waals surface area contributed by atoms with Crippen LogP contribution >= 0.6 is 0 Å². The van der Waals surface area contributed by atoms with E-state index in [9.17, 15) is 13.9 Å². The van der Waals surface area contributed by atoms with E-state index in [-0.39, 0.29) is 12.4 Å². The van der Waals surface area contributed by atoms with E-state index in [2.05, 4.69) is 30.5 Å². The molecular weight excluding hydrogens is 384 g/mol. The van der Waals surface area contributed by atoms with Crippen LogP contribution in [0.15, 0.2) is 36.8 Å². The van der Waals surface area contributed by atoms with E-state index in [4.69, 9.17) is 4.74 Å². The first-order valence-electron chi connectivity index (χ1n) is 8.79. The molecular formula is C18H17F2N7O2. The highest BCUT2D eigenvalue weighted by molar-refractivity contribution is 5.74. The maximum absolute atomic E-state index is 14.5. The zero-order valence-electron chi connectivity index (χ0n) is 15.3. The van der Waals surface area contributed by atoms with Crippen molar-refractivity contribution in [1.29, 1.82) is 0 Å². The molecule has 0 radical (unpaired) electrons. The molecule has 9 nitrogen and oxygen atoms in total. The molecule has 0 aromatic carbocycles. The summed E-state index contributed by atoms with van der Waals surface area (Å²) in [7, 11) is 0. The number of nitrogens with zero attached hydrogens (tertiary/aromatic N) is 5. The fourth-order valence-corrected chi connectivity index (χ4v) is 2.88. The largest absolute Gasteiger partial charge is 0.478 e. The number of imidazole rings is 1. The molecule has 0 spiro atoms. The van der Waals surface area contributed by atoms with E-state index in [1.54, 1.807) is 10.6 Å². The first-order chi connectivity index (χ1) is 14.1. The average Bonchev–Trinajstić information content (AvgIpc) is 3.32. The predicted octanol–water partition coefficient (Wildman–Crippen LogP) is 2.55. The van der Waals surface area contributed by atoms with Gasteiger partial charge in [-0.2, -0.15) is 5.10 Å². The van der Waals surface area contributed by atoms with Crippen molar-refractivity contribution in [2.45, 2.75) is 13.0 Å². The highest BCUT2D eigenvalue weighted by atomic mass is 19.1. The van der Waals surface area contributed by atoms with Crippen molar-refractivity contribution < 1.29 is 18.6 Å². The number of rotatable bonds is 7. The van der Waals surface area contributed by atoms with Crippen LogP contribution in [-0.4, -0.2) is 48.0 Å². The monoisotopic (exact) mass is 401 g/mol. The fourth-order valence-electron chi connectivity index (χ4n) is 2.88. The van der Waals surface area contributed by atoms with E-state index in [0.717, 1.165) is 6.20 Å². The number of anilines is 2. The molecule has 4 rings (SSSR count). The summed E-state index contributed by atoms with van der Waals surface area (Å²) in [6.07, 6.45) is 2.49. The Bertz CT molecular complexity index is 1130. The summed E-state index contributed by atoms with van der Waals surface area (Å²) in [6, 6.07) is 4.84. The Kier molecular flexibility index (Phi) is 5.04. The van der Waals surface area contributed by atoms with Crippen molar-refractivity contribution in [3.8, 4) is 5.88 Å². The number of nitrogens with one attached hydrogen (secondary N) is 2. The number of aliphatic hydroxyl groups is 1. The number of pyridine rings is 2. The Morgan fingerprint density at radius 1 is 1.28 bits per heavy atom. The van der Waals surface area contributed by atoms with Gasteiger partial charge in [0.15, 0.2) is 23.1 Å². The normalized spacial score (nSPS) is 12.3. The molecule has 11 heteroatoms. The minimum atomic E-state index is -0.665. The van der Waals surface area contributed by atoms with Gasteiger partial charge in [-0.3, -0.25) is 4.98 Å². The van der Waals surface area contributed by atoms with Crippen molar-refractivity contribution in [2.24, 2.45) is 0 Å². The van der Waals surface area contributed by atoms with Gasteiger partial charge in [-0.25, -0.2) is 23.8 Å². The van der Waals surface area contributed by atoms with Gasteiger partial charge in [0.25, 0.3) is 0 Å². The lowest BCUT2D eigenvalue weighted by atomic mass is 10.2. The van der Waals surface area contributed by atoms with Crippen LogP contribution in [0.4, 0.5) is 20.4 Å². The van der Waals surface area contributed by atoms with E-state index in [1.807, 2.05) is 6.92 Å². The highest BCUT2D eigenvalue weighted by Gasteiger charge is 2.20. The highest BCUT2D eigenvalue weighted by Crippen LogP contribution is 2.26. The molecule has 0 bridgehead atoms. The summed E-state index contributed by atoms with van der Waals surface area (Å²) < 4.78 is 34.5. The standard InChI is InChI=1S/C18H17F2N7O2/c1-2-29-16-6-15(25-26-16)23-17-11(20)5-13-18(24-17)27(9-22-13)14(8-28)12-4-3-10(19)7-21-12/h3-7,9,14,28H,2,8H2,1H3,(H2,23,24,25,26)/t14-/m0/s1. The maximum Gasteiger partial charge on any atom is 0.211 e. The zero-order chi connectivity index (χ0) is 20.4. The van der Waals surface area contributed by atoms with Crippen molar-refractivity contribution in [3.63, 3.8) is 0 Å². The molecule has 150 valence electrons. The van der Waals surface area contributed by atoms with Gasteiger partial charge in [0.1, 0.15) is 17.4 Å². The number of halogens is 2. The maximum atomic E-state index is 14.5. The number of H-pyrrole nitrogens is 1. The van der Waals surface area contributed by atoms with Gasteiger partial charge in [-0.1, -0.05) is 0 Å². The van der Waals surface area contributed by atoms with E-state index in [0.29, 0.717) is 35.2 Å². The minimum absolute atomic E-state index is 0.0717. The topological polar surface area (TPSA) is 114 Å². The number of aromatic amines is 1. The molecule has 4 heterocycles. The van der Waals surface area contributed by atoms with E-state index < -0.39 is 17.7 Å². The molecule has 0 aliphatic heterocycles. The second kappa shape index (κ2) is 7.80. The molecule has 0 unspecified atom stereocenters. The third kappa shape index (κ3) is 3.72. The van der Waals surface area contributed by atoms with Crippen LogP contribution in [0.2, 0.25) is 0 Å². The number of hydrogen-bond donors (Lipinski definition) is 3. The summed E-state index contributed by atoms with van der Waals surface area (Å²) in [5.74, 6) is -0.423. The van der Waals surface area contributed by atoms with Crippen molar-refractivity contribution in [2.75, 3.05) is 18.5 Å². The van der Waals surface area contributed by atoms with Crippen molar-refractivity contribution in [3.05, 3.63) is 54.1 Å². The van der Waals surface area contributed by atoms with Crippen LogP contribution in [0, 0.1) is 11.6 Å². The molecule has 29 heavy (non-hydrogen) atoms. The fraction of sp³-hybridized carbons (Fsp3) is 0.222. The van der Waals surface area contributed by atoms with Gasteiger partial charge in [0.2, 0.25) is 5.88 Å². The molecule has 0 amide bonds. The van der Waals surface area contributed by atoms with Crippen LogP contribution in [0.1, 0.15) is 18.7 Å². The molecule has 0 saturated heterocycles. The lowest BCUT2D eigenvalue weighted by Crippen LogP contribution is -2.16. The van der Waals surface area contributed by atoms with Crippen molar-refractivity contribution in [1.82, 2.24) is 29.7 Å². The second-order valence-corrected chi connectivity index (χ2v) is 6.09. The average molecular weight is 401 g/mol. The predicted molar refractivity (Wildman–Crippen MR) is 99.9 cm³/mol. The van der Waals surface area contributed by atoms with Crippen LogP contribution in [-0.2, 0) is 0 Å². The van der Waals surface area contributed by atoms with Crippen LogP contribution in [0.5, 0.6) is 5.88 Å². The molecule has 0 aliphatic rings.